The molecule has 3 aromatic rings. The second-order valence-corrected chi connectivity index (χ2v) is 8.43. The zero-order valence-electron chi connectivity index (χ0n) is 16.9. The summed E-state index contributed by atoms with van der Waals surface area (Å²) in [7, 11) is 0. The zero-order valence-corrected chi connectivity index (χ0v) is 18.5. The highest BCUT2D eigenvalue weighted by Crippen LogP contribution is 2.28. The molecule has 0 bridgehead atoms. The summed E-state index contributed by atoms with van der Waals surface area (Å²) in [5, 5.41) is 3.10. The van der Waals surface area contributed by atoms with Crippen LogP contribution in [0.25, 0.3) is 6.08 Å². The lowest BCUT2D eigenvalue weighted by atomic mass is 9.89. The smallest absolute Gasteiger partial charge is 0.253 e. The van der Waals surface area contributed by atoms with Gasteiger partial charge in [0.1, 0.15) is 11.6 Å². The van der Waals surface area contributed by atoms with E-state index in [1.54, 1.807) is 18.3 Å². The molecule has 0 spiro atoms. The molecular weight excluding hydrogens is 456 g/mol. The number of nitrogens with two attached hydrogens (primary N) is 1. The molecule has 6 nitrogen and oxygen atoms in total. The Hall–Kier alpha value is -3.19. The molecule has 0 atom stereocenters. The van der Waals surface area contributed by atoms with Crippen molar-refractivity contribution in [2.75, 3.05) is 5.73 Å². The van der Waals surface area contributed by atoms with E-state index in [9.17, 15) is 4.79 Å². The minimum absolute atomic E-state index is 0.101. The first-order chi connectivity index (χ1) is 15.0. The van der Waals surface area contributed by atoms with Crippen LogP contribution in [0.2, 0.25) is 0 Å². The number of halogens is 1. The van der Waals surface area contributed by atoms with Crippen LogP contribution in [0.15, 0.2) is 71.0 Å². The fourth-order valence-electron chi connectivity index (χ4n) is 3.53. The fourth-order valence-corrected chi connectivity index (χ4v) is 3.77. The number of hydrogen-bond acceptors (Lipinski definition) is 5. The Bertz CT molecular complexity index is 1070. The van der Waals surface area contributed by atoms with Crippen LogP contribution < -0.4 is 15.8 Å². The molecule has 1 aliphatic carbocycles. The van der Waals surface area contributed by atoms with Crippen LogP contribution in [0.1, 0.15) is 41.6 Å². The summed E-state index contributed by atoms with van der Waals surface area (Å²) in [6.07, 6.45) is 9.16. The van der Waals surface area contributed by atoms with Crippen LogP contribution in [0.3, 0.4) is 0 Å². The number of allylic oxidation sites excluding steroid dienone is 1. The van der Waals surface area contributed by atoms with Crippen molar-refractivity contribution in [1.82, 2.24) is 15.3 Å². The predicted octanol–water partition coefficient (Wildman–Crippen LogP) is 5.37. The third-order valence-corrected chi connectivity index (χ3v) is 5.63. The number of carbonyl (C=O) groups excluding carboxylic acids is 1. The minimum Gasteiger partial charge on any atom is -0.439 e. The van der Waals surface area contributed by atoms with Crippen LogP contribution >= 0.6 is 15.9 Å². The second kappa shape index (κ2) is 9.75. The van der Waals surface area contributed by atoms with E-state index in [-0.39, 0.29) is 11.9 Å². The summed E-state index contributed by atoms with van der Waals surface area (Å²) < 4.78 is 6.76. The molecule has 3 N–H and O–H groups in total. The van der Waals surface area contributed by atoms with Gasteiger partial charge in [0, 0.05) is 29.0 Å². The molecule has 1 aliphatic rings. The van der Waals surface area contributed by atoms with E-state index in [1.165, 1.54) is 11.8 Å². The summed E-state index contributed by atoms with van der Waals surface area (Å²) in [6.45, 7) is 0. The third-order valence-electron chi connectivity index (χ3n) is 5.16. The minimum atomic E-state index is -0.101. The lowest BCUT2D eigenvalue weighted by Crippen LogP contribution is -2.36. The SMILES string of the molecule is Nc1ccc(C(=O)NC2CCC(=Cc3cccc(Oc4ccc(Br)cn4)c3)CC2)cn1. The van der Waals surface area contributed by atoms with Gasteiger partial charge in [-0.15, -0.1) is 0 Å². The normalized spacial score (nSPS) is 15.9. The van der Waals surface area contributed by atoms with Crippen LogP contribution in [0, 0.1) is 0 Å². The number of benzene rings is 1. The molecule has 0 aliphatic heterocycles. The molecule has 1 fully saturated rings. The Morgan fingerprint density at radius 1 is 1.10 bits per heavy atom. The van der Waals surface area contributed by atoms with Gasteiger partial charge in [-0.2, -0.15) is 0 Å². The summed E-state index contributed by atoms with van der Waals surface area (Å²) in [5.74, 6) is 1.62. The summed E-state index contributed by atoms with van der Waals surface area (Å²) in [5.41, 5.74) is 8.59. The monoisotopic (exact) mass is 478 g/mol. The number of amides is 1. The molecule has 0 saturated heterocycles. The maximum absolute atomic E-state index is 12.4. The van der Waals surface area contributed by atoms with Gasteiger partial charge in [-0.1, -0.05) is 23.8 Å². The number of nitrogens with zero attached hydrogens (tertiary/aromatic N) is 2. The third kappa shape index (κ3) is 5.92. The number of nitrogen functional groups attached to an aromatic ring is 1. The van der Waals surface area contributed by atoms with Gasteiger partial charge in [0.25, 0.3) is 5.91 Å². The molecule has 158 valence electrons. The molecule has 4 rings (SSSR count). The number of pyridine rings is 2. The van der Waals surface area contributed by atoms with Crippen molar-refractivity contribution in [2.45, 2.75) is 31.7 Å². The molecule has 31 heavy (non-hydrogen) atoms. The first kappa shape index (κ1) is 21.1. The van der Waals surface area contributed by atoms with Gasteiger partial charge < -0.3 is 15.8 Å². The van der Waals surface area contributed by atoms with Gasteiger partial charge >= 0.3 is 0 Å². The Balaban J connectivity index is 1.33. The van der Waals surface area contributed by atoms with E-state index in [0.717, 1.165) is 41.5 Å². The van der Waals surface area contributed by atoms with Gasteiger partial charge in [0.05, 0.1) is 5.56 Å². The first-order valence-electron chi connectivity index (χ1n) is 10.2. The van der Waals surface area contributed by atoms with Crippen LogP contribution in [-0.2, 0) is 0 Å². The number of carbonyl (C=O) groups is 1. The molecule has 2 heterocycles. The number of aromatic nitrogens is 2. The number of anilines is 1. The number of nitrogens with one attached hydrogen (secondary N) is 1. The molecule has 1 amide bonds. The van der Waals surface area contributed by atoms with Gasteiger partial charge in [-0.05, 0) is 77.5 Å². The molecule has 1 aromatic carbocycles. The number of hydrogen-bond donors (Lipinski definition) is 2. The Morgan fingerprint density at radius 3 is 2.65 bits per heavy atom. The molecule has 2 aromatic heterocycles. The highest BCUT2D eigenvalue weighted by molar-refractivity contribution is 9.10. The van der Waals surface area contributed by atoms with Crippen LogP contribution in [0.5, 0.6) is 11.6 Å². The molecule has 0 radical (unpaired) electrons. The molecular formula is C24H23BrN4O2. The van der Waals surface area contributed by atoms with Crippen molar-refractivity contribution >= 4 is 33.7 Å². The van der Waals surface area contributed by atoms with Crippen LogP contribution in [0.4, 0.5) is 5.82 Å². The van der Waals surface area contributed by atoms with Gasteiger partial charge in [0.2, 0.25) is 5.88 Å². The van der Waals surface area contributed by atoms with Gasteiger partial charge in [0.15, 0.2) is 0 Å². The highest BCUT2D eigenvalue weighted by Gasteiger charge is 2.19. The molecule has 0 unspecified atom stereocenters. The summed E-state index contributed by atoms with van der Waals surface area (Å²) >= 11 is 3.37. The zero-order chi connectivity index (χ0) is 21.6. The van der Waals surface area contributed by atoms with Gasteiger partial charge in [-0.25, -0.2) is 9.97 Å². The predicted molar refractivity (Wildman–Crippen MR) is 125 cm³/mol. The maximum Gasteiger partial charge on any atom is 0.253 e. The van der Waals surface area contributed by atoms with E-state index in [0.29, 0.717) is 17.3 Å². The van der Waals surface area contributed by atoms with Crippen molar-refractivity contribution in [1.29, 1.82) is 0 Å². The Labute approximate surface area is 189 Å². The van der Waals surface area contributed by atoms with E-state index < -0.39 is 0 Å². The maximum atomic E-state index is 12.4. The lowest BCUT2D eigenvalue weighted by molar-refractivity contribution is 0.0930. The molecule has 7 heteroatoms. The lowest BCUT2D eigenvalue weighted by Gasteiger charge is -2.25. The van der Waals surface area contributed by atoms with E-state index in [2.05, 4.69) is 43.4 Å². The summed E-state index contributed by atoms with van der Waals surface area (Å²) in [6, 6.07) is 15.2. The van der Waals surface area contributed by atoms with Gasteiger partial charge in [-0.3, -0.25) is 4.79 Å². The summed E-state index contributed by atoms with van der Waals surface area (Å²) in [4.78, 5) is 20.6. The van der Waals surface area contributed by atoms with Crippen LogP contribution in [-0.4, -0.2) is 21.9 Å². The number of rotatable bonds is 5. The molecule has 1 saturated carbocycles. The van der Waals surface area contributed by atoms with Crippen molar-refractivity contribution in [3.05, 3.63) is 82.1 Å². The van der Waals surface area contributed by atoms with E-state index >= 15 is 0 Å². The average molecular weight is 479 g/mol. The van der Waals surface area contributed by atoms with Crippen molar-refractivity contribution in [2.24, 2.45) is 0 Å². The second-order valence-electron chi connectivity index (χ2n) is 7.51. The largest absolute Gasteiger partial charge is 0.439 e. The standard InChI is InChI=1S/C24H23BrN4O2/c25-19-7-11-23(28-15-19)31-21-3-1-2-17(13-21)12-16-4-8-20(9-5-16)29-24(30)18-6-10-22(26)27-14-18/h1-3,6-7,10-15,20H,4-5,8-9H2,(H2,26,27)(H,29,30). The fraction of sp³-hybridized carbons (Fsp3) is 0.208. The van der Waals surface area contributed by atoms with Crippen molar-refractivity contribution in [3.8, 4) is 11.6 Å². The average Bonchev–Trinajstić information content (AvgIpc) is 2.77. The topological polar surface area (TPSA) is 90.1 Å². The Morgan fingerprint density at radius 2 is 1.94 bits per heavy atom. The number of ether oxygens (including phenoxy) is 1. The Kier molecular flexibility index (Phi) is 6.62. The quantitative estimate of drug-likeness (QED) is 0.514. The first-order valence-corrected chi connectivity index (χ1v) is 11.0. The highest BCUT2D eigenvalue weighted by atomic mass is 79.9. The van der Waals surface area contributed by atoms with Crippen molar-refractivity contribution < 1.29 is 9.53 Å². The van der Waals surface area contributed by atoms with Crippen molar-refractivity contribution in [3.63, 3.8) is 0 Å². The van der Waals surface area contributed by atoms with E-state index in [4.69, 9.17) is 10.5 Å². The van der Waals surface area contributed by atoms with E-state index in [1.807, 2.05) is 30.3 Å².